The molecule has 1 atom stereocenters. The summed E-state index contributed by atoms with van der Waals surface area (Å²) in [5.41, 5.74) is -4.33. The van der Waals surface area contributed by atoms with E-state index < -0.39 is 39.1 Å². The lowest BCUT2D eigenvalue weighted by molar-refractivity contribution is -0.0500. The largest absolute Gasteiger partial charge is 0.534 e. The predicted molar refractivity (Wildman–Crippen MR) is 99.6 cm³/mol. The lowest BCUT2D eigenvalue weighted by Gasteiger charge is -2.15. The molecule has 2 heterocycles. The van der Waals surface area contributed by atoms with Gasteiger partial charge in [-0.05, 0) is 30.7 Å². The monoisotopic (exact) mass is 461 g/mol. The molecule has 1 aromatic carbocycles. The molecule has 0 amide bonds. The number of esters is 1. The third kappa shape index (κ3) is 4.33. The van der Waals surface area contributed by atoms with E-state index in [1.807, 2.05) is 0 Å². The van der Waals surface area contributed by atoms with Gasteiger partial charge in [0.15, 0.2) is 17.1 Å². The molecule has 0 radical (unpaired) electrons. The number of rotatable bonds is 5. The molecular formula is C19H15F4NO6S. The highest BCUT2D eigenvalue weighted by molar-refractivity contribution is 7.88. The van der Waals surface area contributed by atoms with E-state index >= 15 is 0 Å². The molecule has 166 valence electrons. The number of fused-ring (bicyclic) bond motifs is 1. The van der Waals surface area contributed by atoms with Crippen molar-refractivity contribution in [3.63, 3.8) is 0 Å². The summed E-state index contributed by atoms with van der Waals surface area (Å²) in [4.78, 5) is 16.1. The second-order valence-corrected chi connectivity index (χ2v) is 8.09. The molecule has 12 heteroatoms. The molecule has 1 unspecified atom stereocenters. The van der Waals surface area contributed by atoms with E-state index in [9.17, 15) is 30.8 Å². The molecule has 3 aromatic rings. The number of carbonyl (C=O) groups is 1. The molecule has 0 aliphatic heterocycles. The van der Waals surface area contributed by atoms with Gasteiger partial charge in [-0.2, -0.15) is 21.6 Å². The molecule has 0 fully saturated rings. The van der Waals surface area contributed by atoms with Crippen molar-refractivity contribution in [3.05, 3.63) is 58.7 Å². The van der Waals surface area contributed by atoms with Crippen molar-refractivity contribution in [3.8, 4) is 5.75 Å². The summed E-state index contributed by atoms with van der Waals surface area (Å²) in [5.74, 6) is -3.24. The number of aryl methyl sites for hydroxylation is 1. The Balaban J connectivity index is 2.04. The van der Waals surface area contributed by atoms with Gasteiger partial charge < -0.3 is 13.3 Å². The second kappa shape index (κ2) is 7.84. The zero-order valence-electron chi connectivity index (χ0n) is 16.3. The second-order valence-electron chi connectivity index (χ2n) is 6.55. The third-order valence-electron chi connectivity index (χ3n) is 4.43. The minimum absolute atomic E-state index is 0.0191. The Bertz CT molecular complexity index is 1270. The van der Waals surface area contributed by atoms with E-state index in [1.165, 1.54) is 19.2 Å². The maximum absolute atomic E-state index is 14.4. The van der Waals surface area contributed by atoms with Crippen molar-refractivity contribution in [2.24, 2.45) is 0 Å². The molecule has 0 N–H and O–H groups in total. The summed E-state index contributed by atoms with van der Waals surface area (Å²) in [6, 6.07) is 5.81. The number of furan rings is 1. The highest BCUT2D eigenvalue weighted by Gasteiger charge is 2.48. The average Bonchev–Trinajstić information content (AvgIpc) is 3.06. The van der Waals surface area contributed by atoms with Gasteiger partial charge in [-0.3, -0.25) is 0 Å². The van der Waals surface area contributed by atoms with Crippen molar-refractivity contribution in [2.75, 3.05) is 7.11 Å². The highest BCUT2D eigenvalue weighted by atomic mass is 32.2. The van der Waals surface area contributed by atoms with Gasteiger partial charge in [-0.1, -0.05) is 13.0 Å². The zero-order valence-corrected chi connectivity index (χ0v) is 17.1. The van der Waals surface area contributed by atoms with Gasteiger partial charge in [0, 0.05) is 17.5 Å². The van der Waals surface area contributed by atoms with Crippen LogP contribution in [0.25, 0.3) is 11.1 Å². The van der Waals surface area contributed by atoms with Crippen molar-refractivity contribution < 1.29 is 44.1 Å². The normalized spacial score (nSPS) is 13.3. The number of aromatic nitrogens is 1. The lowest BCUT2D eigenvalue weighted by Crippen LogP contribution is -2.28. The van der Waals surface area contributed by atoms with Crippen molar-refractivity contribution in [2.45, 2.75) is 25.3 Å². The van der Waals surface area contributed by atoms with Crippen LogP contribution in [-0.4, -0.2) is 32.0 Å². The molecule has 0 bridgehead atoms. The van der Waals surface area contributed by atoms with E-state index in [4.69, 9.17) is 4.42 Å². The minimum atomic E-state index is -6.02. The summed E-state index contributed by atoms with van der Waals surface area (Å²) in [5, 5.41) is 0. The number of hydrogen-bond donors (Lipinski definition) is 0. The van der Waals surface area contributed by atoms with Crippen LogP contribution in [0.4, 0.5) is 17.6 Å². The van der Waals surface area contributed by atoms with Gasteiger partial charge in [-0.25, -0.2) is 14.2 Å². The molecule has 0 spiro atoms. The Morgan fingerprint density at radius 1 is 1.19 bits per heavy atom. The zero-order chi connectivity index (χ0) is 23.1. The number of benzene rings is 1. The van der Waals surface area contributed by atoms with Crippen LogP contribution in [-0.2, 0) is 14.9 Å². The maximum atomic E-state index is 14.4. The number of nitrogens with zero attached hydrogens (tertiary/aromatic N) is 1. The first kappa shape index (κ1) is 22.5. The van der Waals surface area contributed by atoms with Crippen LogP contribution in [0.1, 0.15) is 40.2 Å². The third-order valence-corrected chi connectivity index (χ3v) is 5.40. The number of methoxy groups -OCH3 is 1. The number of pyridine rings is 1. The Morgan fingerprint density at radius 3 is 2.45 bits per heavy atom. The first-order chi connectivity index (χ1) is 14.3. The van der Waals surface area contributed by atoms with E-state index in [0.29, 0.717) is 22.4 Å². The minimum Gasteiger partial charge on any atom is -0.464 e. The van der Waals surface area contributed by atoms with E-state index in [2.05, 4.69) is 13.9 Å². The van der Waals surface area contributed by atoms with Crippen LogP contribution in [0.5, 0.6) is 5.75 Å². The van der Waals surface area contributed by atoms with Crippen LogP contribution in [0.2, 0.25) is 0 Å². The fourth-order valence-corrected chi connectivity index (χ4v) is 3.36. The van der Waals surface area contributed by atoms with E-state index in [-0.39, 0.29) is 11.3 Å². The topological polar surface area (TPSA) is 95.7 Å². The summed E-state index contributed by atoms with van der Waals surface area (Å²) in [7, 11) is -4.84. The molecule has 3 rings (SSSR count). The molecule has 2 aromatic heterocycles. The smallest absolute Gasteiger partial charge is 0.464 e. The van der Waals surface area contributed by atoms with Crippen molar-refractivity contribution >= 4 is 27.2 Å². The van der Waals surface area contributed by atoms with Gasteiger partial charge >= 0.3 is 21.6 Å². The summed E-state index contributed by atoms with van der Waals surface area (Å²) < 4.78 is 88.2. The predicted octanol–water partition coefficient (Wildman–Crippen LogP) is 4.44. The summed E-state index contributed by atoms with van der Waals surface area (Å²) >= 11 is 0. The lowest BCUT2D eigenvalue weighted by atomic mass is 9.92. The van der Waals surface area contributed by atoms with Crippen molar-refractivity contribution in [1.82, 2.24) is 4.98 Å². The summed E-state index contributed by atoms with van der Waals surface area (Å²) in [6.45, 7) is 3.30. The van der Waals surface area contributed by atoms with Crippen LogP contribution in [0.3, 0.4) is 0 Å². The molecule has 0 aliphatic carbocycles. The van der Waals surface area contributed by atoms with Crippen molar-refractivity contribution in [1.29, 1.82) is 0 Å². The number of hydrogen-bond acceptors (Lipinski definition) is 7. The van der Waals surface area contributed by atoms with Gasteiger partial charge in [0.05, 0.1) is 7.11 Å². The fraction of sp³-hybridized carbons (Fsp3) is 0.263. The molecule has 7 nitrogen and oxygen atoms in total. The van der Waals surface area contributed by atoms with Gasteiger partial charge in [0.25, 0.3) is 0 Å². The van der Waals surface area contributed by atoms with E-state index in [1.54, 1.807) is 19.9 Å². The van der Waals surface area contributed by atoms with Crippen LogP contribution >= 0.6 is 0 Å². The summed E-state index contributed by atoms with van der Waals surface area (Å²) in [6.07, 6.45) is 0. The average molecular weight is 461 g/mol. The Morgan fingerprint density at radius 2 is 1.87 bits per heavy atom. The Hall–Kier alpha value is -3.15. The maximum Gasteiger partial charge on any atom is 0.534 e. The van der Waals surface area contributed by atoms with Crippen LogP contribution < -0.4 is 4.18 Å². The first-order valence-corrected chi connectivity index (χ1v) is 10.0. The molecule has 0 saturated heterocycles. The number of carbonyl (C=O) groups excluding carboxylic acids is 1. The Kier molecular flexibility index (Phi) is 5.70. The molecule has 0 aliphatic rings. The quantitative estimate of drug-likeness (QED) is 0.240. The Labute approximate surface area is 173 Å². The molecular weight excluding hydrogens is 446 g/mol. The van der Waals surface area contributed by atoms with Gasteiger partial charge in [0.2, 0.25) is 0 Å². The highest BCUT2D eigenvalue weighted by Crippen LogP contribution is 2.35. The SMILES string of the molecule is COC(=O)c1cc(C(C)c2ccc(OS(=O)(=O)C(F)(F)F)c(F)c2)c2oc(C)cc2n1. The van der Waals surface area contributed by atoms with E-state index in [0.717, 1.165) is 12.1 Å². The number of ether oxygens (including phenoxy) is 1. The fourth-order valence-electron chi connectivity index (χ4n) is 2.90. The van der Waals surface area contributed by atoms with Gasteiger partial charge in [0.1, 0.15) is 17.0 Å². The van der Waals surface area contributed by atoms with Gasteiger partial charge in [-0.15, -0.1) is 0 Å². The number of halogens is 4. The first-order valence-electron chi connectivity index (χ1n) is 8.63. The standard InChI is InChI=1S/C19H15F4NO6S/c1-9-6-14-17(29-9)12(8-15(24-14)18(25)28-3)10(2)11-4-5-16(13(20)7-11)30-31(26,27)19(21,22)23/h4-8,10H,1-3H3. The molecule has 31 heavy (non-hydrogen) atoms. The van der Waals surface area contributed by atoms with Crippen LogP contribution in [0.15, 0.2) is 34.7 Å². The molecule has 0 saturated carbocycles. The number of alkyl halides is 3. The van der Waals surface area contributed by atoms with Crippen LogP contribution in [0, 0.1) is 12.7 Å².